The van der Waals surface area contributed by atoms with Gasteiger partial charge in [-0.15, -0.1) is 0 Å². The highest BCUT2D eigenvalue weighted by molar-refractivity contribution is 6.31. The van der Waals surface area contributed by atoms with Gasteiger partial charge in [0.05, 0.1) is 0 Å². The second-order valence-corrected chi connectivity index (χ2v) is 3.73. The minimum atomic E-state index is 0.498. The molecule has 1 nitrogen and oxygen atoms in total. The van der Waals surface area contributed by atoms with Crippen LogP contribution in [0.5, 0.6) is 0 Å². The highest BCUT2D eigenvalue weighted by Gasteiger charge is 2.20. The lowest BCUT2D eigenvalue weighted by Gasteiger charge is -2.29. The van der Waals surface area contributed by atoms with Crippen LogP contribution in [0.3, 0.4) is 0 Å². The molecule has 64 valence electrons. The van der Waals surface area contributed by atoms with Crippen LogP contribution in [0.4, 0.5) is 0 Å². The standard InChI is InChI=1S/C10H12ClN/c1-7-2-3-9(11)8(6-7)10-4-5-12-10/h2-3,6,10,12H,4-5H2,1H3. The van der Waals surface area contributed by atoms with Crippen LogP contribution in [0.15, 0.2) is 18.2 Å². The maximum absolute atomic E-state index is 6.06. The van der Waals surface area contributed by atoms with Crippen molar-refractivity contribution in [3.63, 3.8) is 0 Å². The molecule has 1 aromatic carbocycles. The number of rotatable bonds is 1. The highest BCUT2D eigenvalue weighted by atomic mass is 35.5. The van der Waals surface area contributed by atoms with E-state index in [-0.39, 0.29) is 0 Å². The molecule has 1 fully saturated rings. The van der Waals surface area contributed by atoms with Crippen LogP contribution in [0.1, 0.15) is 23.6 Å². The average Bonchev–Trinajstić information content (AvgIpc) is 1.93. The summed E-state index contributed by atoms with van der Waals surface area (Å²) in [5, 5.41) is 4.23. The Morgan fingerprint density at radius 3 is 2.83 bits per heavy atom. The van der Waals surface area contributed by atoms with Crippen molar-refractivity contribution in [2.24, 2.45) is 0 Å². The fraction of sp³-hybridized carbons (Fsp3) is 0.400. The van der Waals surface area contributed by atoms with Crippen LogP contribution in [-0.2, 0) is 0 Å². The lowest BCUT2D eigenvalue weighted by Crippen LogP contribution is -2.35. The minimum Gasteiger partial charge on any atom is -0.310 e. The Balaban J connectivity index is 2.34. The molecule has 1 aliphatic heterocycles. The zero-order chi connectivity index (χ0) is 8.55. The Hall–Kier alpha value is -0.530. The lowest BCUT2D eigenvalue weighted by molar-refractivity contribution is 0.383. The predicted octanol–water partition coefficient (Wildman–Crippen LogP) is 2.68. The summed E-state index contributed by atoms with van der Waals surface area (Å²) in [6.45, 7) is 3.22. The van der Waals surface area contributed by atoms with E-state index in [1.54, 1.807) is 0 Å². The number of nitrogens with one attached hydrogen (secondary N) is 1. The first kappa shape index (κ1) is 8.09. The van der Waals surface area contributed by atoms with Gasteiger partial charge in [0.25, 0.3) is 0 Å². The third-order valence-electron chi connectivity index (χ3n) is 2.35. The molecule has 0 aliphatic carbocycles. The molecule has 12 heavy (non-hydrogen) atoms. The van der Waals surface area contributed by atoms with Crippen LogP contribution in [0, 0.1) is 6.92 Å². The quantitative estimate of drug-likeness (QED) is 0.703. The Labute approximate surface area is 77.7 Å². The summed E-state index contributed by atoms with van der Waals surface area (Å²) in [5.41, 5.74) is 2.53. The van der Waals surface area contributed by atoms with E-state index in [1.165, 1.54) is 17.5 Å². The van der Waals surface area contributed by atoms with Gasteiger partial charge in [-0.3, -0.25) is 0 Å². The van der Waals surface area contributed by atoms with E-state index in [4.69, 9.17) is 11.6 Å². The van der Waals surface area contributed by atoms with E-state index in [0.29, 0.717) is 6.04 Å². The van der Waals surface area contributed by atoms with E-state index in [0.717, 1.165) is 11.6 Å². The molecule has 1 aromatic rings. The predicted molar refractivity (Wildman–Crippen MR) is 51.5 cm³/mol. The molecular formula is C10H12ClN. The van der Waals surface area contributed by atoms with Crippen LogP contribution in [0.25, 0.3) is 0 Å². The van der Waals surface area contributed by atoms with Gasteiger partial charge < -0.3 is 5.32 Å². The molecule has 0 radical (unpaired) electrons. The Morgan fingerprint density at radius 1 is 1.50 bits per heavy atom. The van der Waals surface area contributed by atoms with Gasteiger partial charge in [-0.1, -0.05) is 29.3 Å². The van der Waals surface area contributed by atoms with Crippen molar-refractivity contribution >= 4 is 11.6 Å². The zero-order valence-electron chi connectivity index (χ0n) is 7.10. The molecule has 1 aliphatic rings. The molecule has 1 saturated heterocycles. The van der Waals surface area contributed by atoms with Gasteiger partial charge in [0.2, 0.25) is 0 Å². The molecule has 1 N–H and O–H groups in total. The Bertz CT molecular complexity index is 292. The fourth-order valence-electron chi connectivity index (χ4n) is 1.48. The third kappa shape index (κ3) is 1.35. The average molecular weight is 182 g/mol. The first-order valence-corrected chi connectivity index (χ1v) is 4.64. The van der Waals surface area contributed by atoms with Gasteiger partial charge in [0.15, 0.2) is 0 Å². The van der Waals surface area contributed by atoms with Gasteiger partial charge >= 0.3 is 0 Å². The smallest absolute Gasteiger partial charge is 0.0454 e. The molecule has 2 heteroatoms. The number of benzene rings is 1. The van der Waals surface area contributed by atoms with Crippen molar-refractivity contribution in [2.75, 3.05) is 6.54 Å². The number of hydrogen-bond acceptors (Lipinski definition) is 1. The molecule has 0 bridgehead atoms. The number of aryl methyl sites for hydroxylation is 1. The van der Waals surface area contributed by atoms with Gasteiger partial charge in [-0.05, 0) is 31.5 Å². The number of hydrogen-bond donors (Lipinski definition) is 1. The SMILES string of the molecule is Cc1ccc(Cl)c(C2CCN2)c1. The topological polar surface area (TPSA) is 12.0 Å². The van der Waals surface area contributed by atoms with Gasteiger partial charge in [-0.2, -0.15) is 0 Å². The van der Waals surface area contributed by atoms with Gasteiger partial charge in [0, 0.05) is 11.1 Å². The molecule has 0 amide bonds. The fourth-order valence-corrected chi connectivity index (χ4v) is 1.73. The molecule has 1 unspecified atom stereocenters. The van der Waals surface area contributed by atoms with Crippen LogP contribution >= 0.6 is 11.6 Å². The molecule has 0 aromatic heterocycles. The summed E-state index contributed by atoms with van der Waals surface area (Å²) >= 11 is 6.06. The first-order chi connectivity index (χ1) is 5.77. The number of halogens is 1. The van der Waals surface area contributed by atoms with Crippen LogP contribution in [-0.4, -0.2) is 6.54 Å². The third-order valence-corrected chi connectivity index (χ3v) is 2.69. The van der Waals surface area contributed by atoms with E-state index >= 15 is 0 Å². The molecule has 0 spiro atoms. The van der Waals surface area contributed by atoms with Crippen molar-refractivity contribution in [2.45, 2.75) is 19.4 Å². The van der Waals surface area contributed by atoms with E-state index in [2.05, 4.69) is 18.3 Å². The molecule has 2 rings (SSSR count). The van der Waals surface area contributed by atoms with Crippen molar-refractivity contribution in [1.82, 2.24) is 5.32 Å². The summed E-state index contributed by atoms with van der Waals surface area (Å²) < 4.78 is 0. The molecule has 1 atom stereocenters. The lowest BCUT2D eigenvalue weighted by atomic mass is 9.97. The van der Waals surface area contributed by atoms with E-state index in [1.807, 2.05) is 12.1 Å². The maximum Gasteiger partial charge on any atom is 0.0454 e. The second-order valence-electron chi connectivity index (χ2n) is 3.32. The molecular weight excluding hydrogens is 170 g/mol. The summed E-state index contributed by atoms with van der Waals surface area (Å²) in [4.78, 5) is 0. The first-order valence-electron chi connectivity index (χ1n) is 4.27. The molecule has 0 saturated carbocycles. The van der Waals surface area contributed by atoms with Crippen molar-refractivity contribution in [3.05, 3.63) is 34.3 Å². The van der Waals surface area contributed by atoms with E-state index in [9.17, 15) is 0 Å². The summed E-state index contributed by atoms with van der Waals surface area (Å²) in [5.74, 6) is 0. The second kappa shape index (κ2) is 3.08. The monoisotopic (exact) mass is 181 g/mol. The summed E-state index contributed by atoms with van der Waals surface area (Å²) in [7, 11) is 0. The van der Waals surface area contributed by atoms with Crippen LogP contribution in [0.2, 0.25) is 5.02 Å². The van der Waals surface area contributed by atoms with Crippen molar-refractivity contribution in [1.29, 1.82) is 0 Å². The Kier molecular flexibility index (Phi) is 2.07. The molecule has 1 heterocycles. The largest absolute Gasteiger partial charge is 0.310 e. The summed E-state index contributed by atoms with van der Waals surface area (Å²) in [6.07, 6.45) is 1.21. The Morgan fingerprint density at radius 2 is 2.25 bits per heavy atom. The van der Waals surface area contributed by atoms with Gasteiger partial charge in [0.1, 0.15) is 0 Å². The maximum atomic E-state index is 6.06. The van der Waals surface area contributed by atoms with Crippen molar-refractivity contribution < 1.29 is 0 Å². The summed E-state index contributed by atoms with van der Waals surface area (Å²) in [6, 6.07) is 6.69. The van der Waals surface area contributed by atoms with Crippen LogP contribution < -0.4 is 5.32 Å². The normalized spacial score (nSPS) is 22.0. The highest BCUT2D eigenvalue weighted by Crippen LogP contribution is 2.29. The van der Waals surface area contributed by atoms with E-state index < -0.39 is 0 Å². The zero-order valence-corrected chi connectivity index (χ0v) is 7.86. The van der Waals surface area contributed by atoms with Crippen molar-refractivity contribution in [3.8, 4) is 0 Å². The minimum absolute atomic E-state index is 0.498. The van der Waals surface area contributed by atoms with Gasteiger partial charge in [-0.25, -0.2) is 0 Å².